The van der Waals surface area contributed by atoms with Crippen LogP contribution in [0.4, 0.5) is 0 Å². The quantitative estimate of drug-likeness (QED) is 0.732. The SMILES string of the molecule is CC1(C)OB(CC2CCN(C3CC3)CC2)OC1(C)C. The molecule has 0 radical (unpaired) electrons. The van der Waals surface area contributed by atoms with E-state index in [1.807, 2.05) is 0 Å². The second-order valence-corrected chi connectivity index (χ2v) is 7.63. The number of hydrogen-bond acceptors (Lipinski definition) is 3. The smallest absolute Gasteiger partial charge is 0.403 e. The minimum absolute atomic E-state index is 0.00229. The highest BCUT2D eigenvalue weighted by Crippen LogP contribution is 2.40. The molecule has 2 saturated heterocycles. The summed E-state index contributed by atoms with van der Waals surface area (Å²) in [6.45, 7) is 11.1. The van der Waals surface area contributed by atoms with Crippen LogP contribution in [0.2, 0.25) is 6.32 Å². The first-order chi connectivity index (χ1) is 8.87. The first-order valence-corrected chi connectivity index (χ1v) is 7.97. The molecule has 0 spiro atoms. The van der Waals surface area contributed by atoms with Crippen LogP contribution >= 0.6 is 0 Å². The van der Waals surface area contributed by atoms with Gasteiger partial charge in [-0.2, -0.15) is 0 Å². The van der Waals surface area contributed by atoms with Gasteiger partial charge in [0.15, 0.2) is 0 Å². The zero-order valence-corrected chi connectivity index (χ0v) is 12.9. The Morgan fingerprint density at radius 2 is 1.47 bits per heavy atom. The Morgan fingerprint density at radius 3 is 1.95 bits per heavy atom. The number of hydrogen-bond donors (Lipinski definition) is 0. The molecule has 108 valence electrons. The fourth-order valence-electron chi connectivity index (χ4n) is 3.33. The summed E-state index contributed by atoms with van der Waals surface area (Å²) < 4.78 is 12.2. The lowest BCUT2D eigenvalue weighted by Crippen LogP contribution is -2.41. The predicted molar refractivity (Wildman–Crippen MR) is 78.2 cm³/mol. The van der Waals surface area contributed by atoms with Crippen LogP contribution in [0.25, 0.3) is 0 Å². The summed E-state index contributed by atoms with van der Waals surface area (Å²) >= 11 is 0. The highest BCUT2D eigenvalue weighted by Gasteiger charge is 2.51. The molecule has 3 nitrogen and oxygen atoms in total. The second kappa shape index (κ2) is 4.75. The average molecular weight is 265 g/mol. The van der Waals surface area contributed by atoms with Gasteiger partial charge in [0.05, 0.1) is 11.2 Å². The number of piperidine rings is 1. The van der Waals surface area contributed by atoms with Gasteiger partial charge in [-0.3, -0.25) is 0 Å². The molecule has 1 aliphatic carbocycles. The number of rotatable bonds is 3. The van der Waals surface area contributed by atoms with Gasteiger partial charge in [0.1, 0.15) is 0 Å². The van der Waals surface area contributed by atoms with E-state index in [0.29, 0.717) is 0 Å². The normalized spacial score (nSPS) is 31.9. The van der Waals surface area contributed by atoms with Gasteiger partial charge < -0.3 is 14.2 Å². The molecule has 3 rings (SSSR count). The molecule has 0 aromatic carbocycles. The van der Waals surface area contributed by atoms with Crippen LogP contribution in [0.1, 0.15) is 53.4 Å². The van der Waals surface area contributed by atoms with Crippen molar-refractivity contribution in [1.29, 1.82) is 0 Å². The first kappa shape index (κ1) is 13.9. The summed E-state index contributed by atoms with van der Waals surface area (Å²) in [4.78, 5) is 2.68. The van der Waals surface area contributed by atoms with Crippen molar-refractivity contribution >= 4 is 7.12 Å². The molecular weight excluding hydrogens is 237 g/mol. The third-order valence-corrected chi connectivity index (χ3v) is 5.54. The molecule has 2 aliphatic heterocycles. The zero-order chi connectivity index (χ0) is 13.7. The third-order valence-electron chi connectivity index (χ3n) is 5.54. The molecule has 0 aromatic rings. The topological polar surface area (TPSA) is 21.7 Å². The lowest BCUT2D eigenvalue weighted by atomic mass is 9.74. The fourth-order valence-corrected chi connectivity index (χ4v) is 3.33. The van der Waals surface area contributed by atoms with Crippen molar-refractivity contribution in [3.63, 3.8) is 0 Å². The van der Waals surface area contributed by atoms with Crippen molar-refractivity contribution in [3.8, 4) is 0 Å². The molecule has 0 atom stereocenters. The first-order valence-electron chi connectivity index (χ1n) is 7.97. The van der Waals surface area contributed by atoms with Gasteiger partial charge in [-0.1, -0.05) is 0 Å². The van der Waals surface area contributed by atoms with Crippen LogP contribution in [-0.2, 0) is 9.31 Å². The van der Waals surface area contributed by atoms with E-state index < -0.39 is 0 Å². The lowest BCUT2D eigenvalue weighted by molar-refractivity contribution is 0.00578. The molecule has 0 unspecified atom stereocenters. The van der Waals surface area contributed by atoms with E-state index in [1.165, 1.54) is 38.8 Å². The van der Waals surface area contributed by atoms with Gasteiger partial charge in [0.2, 0.25) is 0 Å². The standard InChI is InChI=1S/C15H28BNO2/c1-14(2)15(3,4)19-16(18-14)11-12-7-9-17(10-8-12)13-5-6-13/h12-13H,5-11H2,1-4H3. The summed E-state index contributed by atoms with van der Waals surface area (Å²) in [5.74, 6) is 0.782. The third kappa shape index (κ3) is 2.86. The minimum Gasteiger partial charge on any atom is -0.403 e. The van der Waals surface area contributed by atoms with Gasteiger partial charge in [0, 0.05) is 6.04 Å². The van der Waals surface area contributed by atoms with Gasteiger partial charge in [0.25, 0.3) is 0 Å². The molecule has 4 heteroatoms. The van der Waals surface area contributed by atoms with Gasteiger partial charge >= 0.3 is 7.12 Å². The van der Waals surface area contributed by atoms with Crippen LogP contribution in [0.3, 0.4) is 0 Å². The van der Waals surface area contributed by atoms with Gasteiger partial charge in [-0.05, 0) is 78.7 Å². The molecule has 3 fully saturated rings. The molecule has 19 heavy (non-hydrogen) atoms. The van der Waals surface area contributed by atoms with Crippen molar-refractivity contribution < 1.29 is 9.31 Å². The maximum absolute atomic E-state index is 6.12. The van der Waals surface area contributed by atoms with Crippen LogP contribution in [0.15, 0.2) is 0 Å². The summed E-state index contributed by atoms with van der Waals surface area (Å²) in [6, 6.07) is 0.929. The van der Waals surface area contributed by atoms with E-state index in [9.17, 15) is 0 Å². The van der Waals surface area contributed by atoms with Gasteiger partial charge in [-0.15, -0.1) is 0 Å². The minimum atomic E-state index is -0.174. The lowest BCUT2D eigenvalue weighted by Gasteiger charge is -2.32. The monoisotopic (exact) mass is 265 g/mol. The molecular formula is C15H28BNO2. The van der Waals surface area contributed by atoms with Crippen LogP contribution in [0, 0.1) is 5.92 Å². The summed E-state index contributed by atoms with van der Waals surface area (Å²) in [7, 11) is 0.00229. The maximum Gasteiger partial charge on any atom is 0.458 e. The number of likely N-dealkylation sites (tertiary alicyclic amines) is 1. The van der Waals surface area contributed by atoms with Crippen LogP contribution in [-0.4, -0.2) is 42.4 Å². The zero-order valence-electron chi connectivity index (χ0n) is 12.9. The molecule has 2 heterocycles. The summed E-state index contributed by atoms with van der Waals surface area (Å²) in [6.07, 6.45) is 6.58. The predicted octanol–water partition coefficient (Wildman–Crippen LogP) is 2.95. The van der Waals surface area contributed by atoms with Gasteiger partial charge in [-0.25, -0.2) is 0 Å². The van der Waals surface area contributed by atoms with Crippen LogP contribution in [0.5, 0.6) is 0 Å². The molecule has 3 aliphatic rings. The molecule has 1 saturated carbocycles. The van der Waals surface area contributed by atoms with E-state index in [2.05, 4.69) is 32.6 Å². The Balaban J connectivity index is 1.48. The highest BCUT2D eigenvalue weighted by atomic mass is 16.7. The van der Waals surface area contributed by atoms with E-state index >= 15 is 0 Å². The average Bonchev–Trinajstić information content (AvgIpc) is 3.09. The van der Waals surface area contributed by atoms with Crippen molar-refractivity contribution in [1.82, 2.24) is 4.90 Å². The molecule has 0 aromatic heterocycles. The van der Waals surface area contributed by atoms with Crippen molar-refractivity contribution in [2.75, 3.05) is 13.1 Å². The molecule has 0 N–H and O–H groups in total. The largest absolute Gasteiger partial charge is 0.458 e. The van der Waals surface area contributed by atoms with Crippen molar-refractivity contribution in [2.45, 2.75) is 76.9 Å². The second-order valence-electron chi connectivity index (χ2n) is 7.63. The summed E-state index contributed by atoms with van der Waals surface area (Å²) in [5.41, 5.74) is -0.348. The number of nitrogens with zero attached hydrogens (tertiary/aromatic N) is 1. The maximum atomic E-state index is 6.12. The van der Waals surface area contributed by atoms with E-state index in [-0.39, 0.29) is 18.3 Å². The van der Waals surface area contributed by atoms with Crippen molar-refractivity contribution in [3.05, 3.63) is 0 Å². The Kier molecular flexibility index (Phi) is 3.47. The summed E-state index contributed by atoms with van der Waals surface area (Å²) in [5, 5.41) is 0. The van der Waals surface area contributed by atoms with E-state index in [0.717, 1.165) is 18.3 Å². The Bertz CT molecular complexity index is 317. The fraction of sp³-hybridized carbons (Fsp3) is 1.00. The van der Waals surface area contributed by atoms with E-state index in [4.69, 9.17) is 9.31 Å². The highest BCUT2D eigenvalue weighted by molar-refractivity contribution is 6.45. The van der Waals surface area contributed by atoms with Crippen LogP contribution < -0.4 is 0 Å². The molecule has 0 bridgehead atoms. The Hall–Kier alpha value is -0.0551. The van der Waals surface area contributed by atoms with E-state index in [1.54, 1.807) is 0 Å². The Morgan fingerprint density at radius 1 is 0.947 bits per heavy atom. The Labute approximate surface area is 118 Å². The molecule has 0 amide bonds. The van der Waals surface area contributed by atoms with Crippen molar-refractivity contribution in [2.24, 2.45) is 5.92 Å².